The second-order valence-electron chi connectivity index (χ2n) is 5.92. The molecule has 25 heavy (non-hydrogen) atoms. The van der Waals surface area contributed by atoms with E-state index in [-0.39, 0.29) is 5.44 Å². The standard InChI is InChI=1S/C19H20N2O3S/c1-13-7-8-21-16(11-13)20-18(14-3-5-15(22-2)6-4-14)19(21)25-17-12-23-9-10-24-17/h3-8,11,17H,9-10,12H2,1-2H3. The van der Waals surface area contributed by atoms with E-state index in [1.54, 1.807) is 18.9 Å². The summed E-state index contributed by atoms with van der Waals surface area (Å²) in [5, 5.41) is 1.07. The highest BCUT2D eigenvalue weighted by atomic mass is 32.2. The van der Waals surface area contributed by atoms with Crippen molar-refractivity contribution in [1.82, 2.24) is 9.38 Å². The number of hydrogen-bond donors (Lipinski definition) is 0. The van der Waals surface area contributed by atoms with Crippen LogP contribution in [0.1, 0.15) is 5.56 Å². The summed E-state index contributed by atoms with van der Waals surface area (Å²) in [6.07, 6.45) is 2.07. The molecule has 3 aromatic rings. The molecule has 3 heterocycles. The number of nitrogens with zero attached hydrogens (tertiary/aromatic N) is 2. The Hall–Kier alpha value is -2.02. The van der Waals surface area contributed by atoms with Gasteiger partial charge in [0, 0.05) is 11.8 Å². The molecule has 1 saturated heterocycles. The van der Waals surface area contributed by atoms with Gasteiger partial charge >= 0.3 is 0 Å². The first kappa shape index (κ1) is 16.4. The number of fused-ring (bicyclic) bond motifs is 1. The summed E-state index contributed by atoms with van der Waals surface area (Å²) in [5.41, 5.74) is 4.11. The van der Waals surface area contributed by atoms with Crippen molar-refractivity contribution in [3.63, 3.8) is 0 Å². The number of methoxy groups -OCH3 is 1. The smallest absolute Gasteiger partial charge is 0.138 e. The molecule has 6 heteroatoms. The quantitative estimate of drug-likeness (QED) is 0.712. The summed E-state index contributed by atoms with van der Waals surface area (Å²) in [5.74, 6) is 0.835. The van der Waals surface area contributed by atoms with Crippen LogP contribution in [0.15, 0.2) is 47.6 Å². The molecule has 5 nitrogen and oxygen atoms in total. The van der Waals surface area contributed by atoms with Gasteiger partial charge in [0.2, 0.25) is 0 Å². The van der Waals surface area contributed by atoms with Crippen molar-refractivity contribution < 1.29 is 14.2 Å². The first-order chi connectivity index (χ1) is 12.2. The number of thioether (sulfide) groups is 1. The van der Waals surface area contributed by atoms with Gasteiger partial charge in [-0.1, -0.05) is 11.8 Å². The van der Waals surface area contributed by atoms with Crippen molar-refractivity contribution in [2.24, 2.45) is 0 Å². The fourth-order valence-corrected chi connectivity index (χ4v) is 3.95. The Kier molecular flexibility index (Phi) is 4.65. The van der Waals surface area contributed by atoms with E-state index in [1.165, 1.54) is 5.56 Å². The average Bonchev–Trinajstić information content (AvgIpc) is 3.00. The molecule has 1 atom stereocenters. The van der Waals surface area contributed by atoms with E-state index >= 15 is 0 Å². The van der Waals surface area contributed by atoms with E-state index in [9.17, 15) is 0 Å². The predicted octanol–water partition coefficient (Wildman–Crippen LogP) is 3.78. The molecule has 0 radical (unpaired) electrons. The molecule has 0 bridgehead atoms. The summed E-state index contributed by atoms with van der Waals surface area (Å²) in [6.45, 7) is 3.96. The van der Waals surface area contributed by atoms with Gasteiger partial charge in [0.05, 0.1) is 26.9 Å². The van der Waals surface area contributed by atoms with Gasteiger partial charge in [-0.25, -0.2) is 4.98 Å². The number of hydrogen-bond acceptors (Lipinski definition) is 5. The van der Waals surface area contributed by atoms with Crippen LogP contribution in [0.25, 0.3) is 16.9 Å². The lowest BCUT2D eigenvalue weighted by Gasteiger charge is -2.22. The Labute approximate surface area is 150 Å². The van der Waals surface area contributed by atoms with Gasteiger partial charge in [0.15, 0.2) is 0 Å². The van der Waals surface area contributed by atoms with E-state index in [1.807, 2.05) is 24.3 Å². The van der Waals surface area contributed by atoms with Crippen LogP contribution in [-0.4, -0.2) is 41.8 Å². The molecule has 2 aromatic heterocycles. The van der Waals surface area contributed by atoms with Crippen LogP contribution in [0.4, 0.5) is 0 Å². The summed E-state index contributed by atoms with van der Waals surface area (Å²) in [7, 11) is 1.67. The minimum Gasteiger partial charge on any atom is -0.497 e. The minimum atomic E-state index is -0.0213. The number of pyridine rings is 1. The Morgan fingerprint density at radius 2 is 2.04 bits per heavy atom. The number of aryl methyl sites for hydroxylation is 1. The molecular formula is C19H20N2O3S. The van der Waals surface area contributed by atoms with Crippen LogP contribution in [-0.2, 0) is 9.47 Å². The van der Waals surface area contributed by atoms with Gasteiger partial charge in [0.1, 0.15) is 27.6 Å². The lowest BCUT2D eigenvalue weighted by Crippen LogP contribution is -2.25. The van der Waals surface area contributed by atoms with E-state index in [2.05, 4.69) is 29.7 Å². The molecule has 0 saturated carbocycles. The SMILES string of the molecule is COc1ccc(-c2nc3cc(C)ccn3c2SC2COCCO2)cc1. The Bertz CT molecular complexity index is 870. The van der Waals surface area contributed by atoms with Gasteiger partial charge in [-0.15, -0.1) is 0 Å². The normalized spacial score (nSPS) is 17.8. The second kappa shape index (κ2) is 7.07. The van der Waals surface area contributed by atoms with Crippen molar-refractivity contribution >= 4 is 17.4 Å². The first-order valence-corrected chi connectivity index (χ1v) is 9.12. The van der Waals surface area contributed by atoms with E-state index in [0.29, 0.717) is 19.8 Å². The van der Waals surface area contributed by atoms with Gasteiger partial charge in [-0.3, -0.25) is 4.40 Å². The van der Waals surface area contributed by atoms with E-state index < -0.39 is 0 Å². The zero-order chi connectivity index (χ0) is 17.2. The zero-order valence-corrected chi connectivity index (χ0v) is 15.1. The second-order valence-corrected chi connectivity index (χ2v) is 7.07. The van der Waals surface area contributed by atoms with Crippen LogP contribution in [0, 0.1) is 6.92 Å². The number of ether oxygens (including phenoxy) is 3. The number of rotatable bonds is 4. The Morgan fingerprint density at radius 3 is 2.76 bits per heavy atom. The van der Waals surface area contributed by atoms with Crippen molar-refractivity contribution in [3.05, 3.63) is 48.2 Å². The molecule has 1 aromatic carbocycles. The number of benzene rings is 1. The van der Waals surface area contributed by atoms with Crippen LogP contribution in [0.2, 0.25) is 0 Å². The summed E-state index contributed by atoms with van der Waals surface area (Å²) in [6, 6.07) is 12.2. The Balaban J connectivity index is 1.78. The highest BCUT2D eigenvalue weighted by Crippen LogP contribution is 2.36. The molecule has 1 aliphatic heterocycles. The topological polar surface area (TPSA) is 45.0 Å². The van der Waals surface area contributed by atoms with Crippen molar-refractivity contribution in [2.75, 3.05) is 26.9 Å². The summed E-state index contributed by atoms with van der Waals surface area (Å²) in [4.78, 5) is 4.87. The Morgan fingerprint density at radius 1 is 1.20 bits per heavy atom. The largest absolute Gasteiger partial charge is 0.497 e. The average molecular weight is 356 g/mol. The van der Waals surface area contributed by atoms with Crippen LogP contribution < -0.4 is 4.74 Å². The fourth-order valence-electron chi connectivity index (χ4n) is 2.83. The lowest BCUT2D eigenvalue weighted by molar-refractivity contribution is -0.0498. The monoisotopic (exact) mass is 356 g/mol. The van der Waals surface area contributed by atoms with Crippen LogP contribution in [0.3, 0.4) is 0 Å². The fraction of sp³-hybridized carbons (Fsp3) is 0.316. The molecule has 0 amide bonds. The third-order valence-electron chi connectivity index (χ3n) is 4.13. The molecule has 0 aliphatic carbocycles. The van der Waals surface area contributed by atoms with Crippen LogP contribution in [0.5, 0.6) is 5.75 Å². The lowest BCUT2D eigenvalue weighted by atomic mass is 10.1. The molecule has 0 N–H and O–H groups in total. The minimum absolute atomic E-state index is 0.0213. The highest BCUT2D eigenvalue weighted by Gasteiger charge is 2.22. The number of aromatic nitrogens is 2. The van der Waals surface area contributed by atoms with Crippen molar-refractivity contribution in [3.8, 4) is 17.0 Å². The van der Waals surface area contributed by atoms with Crippen molar-refractivity contribution in [2.45, 2.75) is 17.4 Å². The van der Waals surface area contributed by atoms with Gasteiger partial charge < -0.3 is 14.2 Å². The van der Waals surface area contributed by atoms with E-state index in [0.717, 1.165) is 27.7 Å². The van der Waals surface area contributed by atoms with E-state index in [4.69, 9.17) is 19.2 Å². The summed E-state index contributed by atoms with van der Waals surface area (Å²) >= 11 is 1.66. The molecular weight excluding hydrogens is 336 g/mol. The molecule has 1 unspecified atom stereocenters. The molecule has 0 spiro atoms. The maximum atomic E-state index is 5.83. The third-order valence-corrected chi connectivity index (χ3v) is 5.28. The zero-order valence-electron chi connectivity index (χ0n) is 14.3. The number of imidazole rings is 1. The van der Waals surface area contributed by atoms with Gasteiger partial charge in [0.25, 0.3) is 0 Å². The molecule has 130 valence electrons. The van der Waals surface area contributed by atoms with Gasteiger partial charge in [-0.2, -0.15) is 0 Å². The predicted molar refractivity (Wildman–Crippen MR) is 98.3 cm³/mol. The van der Waals surface area contributed by atoms with Gasteiger partial charge in [-0.05, 0) is 48.9 Å². The van der Waals surface area contributed by atoms with Crippen molar-refractivity contribution in [1.29, 1.82) is 0 Å². The molecule has 1 aliphatic rings. The maximum absolute atomic E-state index is 5.83. The first-order valence-electron chi connectivity index (χ1n) is 8.24. The summed E-state index contributed by atoms with van der Waals surface area (Å²) < 4.78 is 18.8. The molecule has 4 rings (SSSR count). The van der Waals surface area contributed by atoms with Crippen LogP contribution >= 0.6 is 11.8 Å². The molecule has 1 fully saturated rings. The third kappa shape index (κ3) is 3.38. The highest BCUT2D eigenvalue weighted by molar-refractivity contribution is 7.99. The maximum Gasteiger partial charge on any atom is 0.138 e.